The number of rotatable bonds is 5. The highest BCUT2D eigenvalue weighted by Crippen LogP contribution is 2.43. The molecule has 188 valence electrons. The molecule has 35 heavy (non-hydrogen) atoms. The normalized spacial score (nSPS) is 14.4. The van der Waals surface area contributed by atoms with E-state index in [2.05, 4.69) is 0 Å². The van der Waals surface area contributed by atoms with E-state index in [1.165, 1.54) is 0 Å². The molecule has 1 aliphatic rings. The molecular formula is C15H8O16S4. The smallest absolute Gasteiger partial charge is 0.338 e. The van der Waals surface area contributed by atoms with Gasteiger partial charge in [0.2, 0.25) is 0 Å². The van der Waals surface area contributed by atoms with Crippen LogP contribution in [0.4, 0.5) is 0 Å². The Balaban J connectivity index is 2.88. The number of ketones is 2. The van der Waals surface area contributed by atoms with Crippen LogP contribution < -0.4 is 0 Å². The third-order valence-corrected chi connectivity index (χ3v) is 8.38. The zero-order valence-electron chi connectivity index (χ0n) is 16.1. The van der Waals surface area contributed by atoms with E-state index in [0.717, 1.165) is 6.07 Å². The quantitative estimate of drug-likeness (QED) is 0.232. The summed E-state index contributed by atoms with van der Waals surface area (Å²) in [6, 6.07) is 1.97. The van der Waals surface area contributed by atoms with E-state index in [-0.39, 0.29) is 0 Å². The van der Waals surface area contributed by atoms with Crippen LogP contribution in [0.5, 0.6) is 0 Å². The molecule has 0 atom stereocenters. The number of hydrogen-bond acceptors (Lipinski definition) is 11. The van der Waals surface area contributed by atoms with Crippen LogP contribution in [0.2, 0.25) is 0 Å². The van der Waals surface area contributed by atoms with Crippen LogP contribution in [-0.2, 0) is 40.5 Å². The number of fused-ring (bicyclic) bond motifs is 2. The van der Waals surface area contributed by atoms with Crippen molar-refractivity contribution in [2.45, 2.75) is 19.6 Å². The second-order valence-electron chi connectivity index (χ2n) is 6.65. The number of hydrogen-bond donors (Lipinski definition) is 5. The summed E-state index contributed by atoms with van der Waals surface area (Å²) in [6.07, 6.45) is 0. The number of carboxylic acid groups (broad SMARTS) is 1. The van der Waals surface area contributed by atoms with Crippen molar-refractivity contribution < 1.29 is 71.4 Å². The second-order valence-corrected chi connectivity index (χ2v) is 12.1. The molecule has 0 spiro atoms. The van der Waals surface area contributed by atoms with Gasteiger partial charge in [-0.25, -0.2) is 4.79 Å². The highest BCUT2D eigenvalue weighted by atomic mass is 32.2. The average Bonchev–Trinajstić information content (AvgIpc) is 2.66. The fourth-order valence-electron chi connectivity index (χ4n) is 3.49. The van der Waals surface area contributed by atoms with Gasteiger partial charge >= 0.3 is 5.97 Å². The van der Waals surface area contributed by atoms with E-state index >= 15 is 0 Å². The van der Waals surface area contributed by atoms with E-state index in [4.69, 9.17) is 0 Å². The molecule has 2 aromatic carbocycles. The van der Waals surface area contributed by atoms with E-state index in [1.807, 2.05) is 0 Å². The molecule has 0 aliphatic heterocycles. The van der Waals surface area contributed by atoms with E-state index in [1.54, 1.807) is 0 Å². The van der Waals surface area contributed by atoms with Crippen molar-refractivity contribution in [1.29, 1.82) is 0 Å². The third-order valence-electron chi connectivity index (χ3n) is 4.58. The molecule has 0 bridgehead atoms. The summed E-state index contributed by atoms with van der Waals surface area (Å²) in [5.74, 6) is -6.50. The van der Waals surface area contributed by atoms with Crippen molar-refractivity contribution in [2.75, 3.05) is 0 Å². The number of carbonyl (C=O) groups is 3. The average molecular weight is 572 g/mol. The van der Waals surface area contributed by atoms with Crippen molar-refractivity contribution in [3.05, 3.63) is 46.0 Å². The van der Waals surface area contributed by atoms with Crippen LogP contribution >= 0.6 is 0 Å². The van der Waals surface area contributed by atoms with Gasteiger partial charge in [-0.1, -0.05) is 12.1 Å². The molecule has 0 radical (unpaired) electrons. The first-order valence-electron chi connectivity index (χ1n) is 8.21. The SMILES string of the molecule is O=C1c2cccc(S(=O)(=O)O)c2C(=O)c2c1c(S(=O)(=O)O)c(C(=O)O)c(S(=O)(=O)O)c2S(=O)(=O)O. The number of benzene rings is 2. The summed E-state index contributed by atoms with van der Waals surface area (Å²) in [4.78, 5) is 29.9. The lowest BCUT2D eigenvalue weighted by atomic mass is 9.83. The fourth-order valence-corrected chi connectivity index (χ4v) is 7.37. The predicted octanol–water partition coefficient (Wildman–Crippen LogP) is -0.853. The first kappa shape index (κ1) is 26.5. The van der Waals surface area contributed by atoms with Crippen molar-refractivity contribution in [2.24, 2.45) is 0 Å². The van der Waals surface area contributed by atoms with E-state index < -0.39 is 105 Å². The second kappa shape index (κ2) is 7.69. The highest BCUT2D eigenvalue weighted by Gasteiger charge is 2.48. The minimum absolute atomic E-state index is 0.538. The molecule has 2 aromatic rings. The van der Waals surface area contributed by atoms with Crippen molar-refractivity contribution in [3.8, 4) is 0 Å². The van der Waals surface area contributed by atoms with Gasteiger partial charge in [-0.2, -0.15) is 33.7 Å². The molecule has 0 aromatic heterocycles. The topological polar surface area (TPSA) is 289 Å². The van der Waals surface area contributed by atoms with E-state index in [9.17, 15) is 71.4 Å². The van der Waals surface area contributed by atoms with Gasteiger partial charge in [0.1, 0.15) is 25.1 Å². The summed E-state index contributed by atoms with van der Waals surface area (Å²) < 4.78 is 134. The van der Waals surface area contributed by atoms with Crippen molar-refractivity contribution >= 4 is 58.0 Å². The van der Waals surface area contributed by atoms with Crippen LogP contribution in [-0.4, -0.2) is 74.5 Å². The molecule has 0 amide bonds. The Morgan fingerprint density at radius 3 is 1.46 bits per heavy atom. The molecule has 0 fully saturated rings. The van der Waals surface area contributed by atoms with Gasteiger partial charge < -0.3 is 5.11 Å². The molecule has 20 heteroatoms. The maximum atomic E-state index is 13.2. The fraction of sp³-hybridized carbons (Fsp3) is 0. The molecule has 0 saturated carbocycles. The maximum absolute atomic E-state index is 13.2. The number of carbonyl (C=O) groups excluding carboxylic acids is 2. The highest BCUT2D eigenvalue weighted by molar-refractivity contribution is 7.89. The Morgan fingerprint density at radius 1 is 0.600 bits per heavy atom. The summed E-state index contributed by atoms with van der Waals surface area (Å²) in [6.45, 7) is 0. The first-order valence-corrected chi connectivity index (χ1v) is 14.0. The molecule has 5 N–H and O–H groups in total. The predicted molar refractivity (Wildman–Crippen MR) is 106 cm³/mol. The Morgan fingerprint density at radius 2 is 1.06 bits per heavy atom. The van der Waals surface area contributed by atoms with Crippen LogP contribution in [0, 0.1) is 0 Å². The number of aromatic carboxylic acids is 1. The molecule has 3 rings (SSSR count). The Bertz CT molecular complexity index is 1830. The minimum atomic E-state index is -6.19. The van der Waals surface area contributed by atoms with Gasteiger partial charge in [-0.05, 0) is 6.07 Å². The zero-order valence-corrected chi connectivity index (χ0v) is 19.4. The molecule has 0 unspecified atom stereocenters. The lowest BCUT2D eigenvalue weighted by Crippen LogP contribution is -2.32. The van der Waals surface area contributed by atoms with Crippen LogP contribution in [0.25, 0.3) is 0 Å². The summed E-state index contributed by atoms with van der Waals surface area (Å²) in [5, 5.41) is 9.43. The van der Waals surface area contributed by atoms with Gasteiger partial charge in [0.15, 0.2) is 11.6 Å². The van der Waals surface area contributed by atoms with Gasteiger partial charge in [-0.3, -0.25) is 27.8 Å². The van der Waals surface area contributed by atoms with Gasteiger partial charge in [0.05, 0.1) is 16.7 Å². The molecule has 1 aliphatic carbocycles. The zero-order chi connectivity index (χ0) is 27.0. The lowest BCUT2D eigenvalue weighted by Gasteiger charge is -2.25. The van der Waals surface area contributed by atoms with Crippen LogP contribution in [0.15, 0.2) is 37.8 Å². The monoisotopic (exact) mass is 572 g/mol. The largest absolute Gasteiger partial charge is 0.478 e. The number of carboxylic acids is 1. The Hall–Kier alpha value is -3.11. The van der Waals surface area contributed by atoms with E-state index in [0.29, 0.717) is 12.1 Å². The molecule has 16 nitrogen and oxygen atoms in total. The Kier molecular flexibility index (Phi) is 5.82. The van der Waals surface area contributed by atoms with Gasteiger partial charge in [0, 0.05) is 5.56 Å². The molecule has 0 heterocycles. The minimum Gasteiger partial charge on any atom is -0.478 e. The first-order chi connectivity index (χ1) is 15.6. The third kappa shape index (κ3) is 4.14. The summed E-state index contributed by atoms with van der Waals surface area (Å²) in [5.41, 5.74) is -8.26. The van der Waals surface area contributed by atoms with Gasteiger partial charge in [-0.15, -0.1) is 0 Å². The van der Waals surface area contributed by atoms with Crippen LogP contribution in [0.1, 0.15) is 42.2 Å². The van der Waals surface area contributed by atoms with Gasteiger partial charge in [0.25, 0.3) is 40.5 Å². The maximum Gasteiger partial charge on any atom is 0.338 e. The lowest BCUT2D eigenvalue weighted by molar-refractivity contribution is 0.0685. The Labute approximate surface area is 194 Å². The van der Waals surface area contributed by atoms with Crippen molar-refractivity contribution in [1.82, 2.24) is 0 Å². The summed E-state index contributed by atoms with van der Waals surface area (Å²) >= 11 is 0. The van der Waals surface area contributed by atoms with Crippen LogP contribution in [0.3, 0.4) is 0 Å². The molecule has 0 saturated heterocycles. The van der Waals surface area contributed by atoms with Crippen molar-refractivity contribution in [3.63, 3.8) is 0 Å². The standard InChI is InChI=1S/C15H8O16S4/c16-10-4-2-1-3-5(32(20,21)22)6(4)11(17)8-7(10)12(33(23,24)25)9(15(18)19)14(35(29,30)31)13(8)34(26,27)28/h1-3H,(H,18,19)(H,20,21,22)(H,23,24,25)(H,26,27,28)(H,29,30,31). The molecular weight excluding hydrogens is 564 g/mol. The summed E-state index contributed by atoms with van der Waals surface area (Å²) in [7, 11) is -23.7.